The Morgan fingerprint density at radius 1 is 1.28 bits per heavy atom. The Morgan fingerprint density at radius 2 is 2.13 bits per heavy atom. The van der Waals surface area contributed by atoms with E-state index < -0.39 is 27.9 Å². The Labute approximate surface area is 235 Å². The molecule has 0 radical (unpaired) electrons. The number of rotatable bonds is 9. The topological polar surface area (TPSA) is 154 Å². The highest BCUT2D eigenvalue weighted by atomic mass is 35.5. The van der Waals surface area contributed by atoms with E-state index in [0.717, 1.165) is 30.4 Å². The minimum atomic E-state index is -4.10. The molecule has 3 heterocycles. The summed E-state index contributed by atoms with van der Waals surface area (Å²) in [5.41, 5.74) is 1.48. The van der Waals surface area contributed by atoms with Crippen LogP contribution in [0.4, 0.5) is 5.82 Å². The molecule has 0 unspecified atom stereocenters. The first-order valence-corrected chi connectivity index (χ1v) is 15.3. The molecule has 1 aliphatic carbocycles. The van der Waals surface area contributed by atoms with Crippen molar-refractivity contribution < 1.29 is 27.2 Å². The standard InChI is InChI=1S/C26H29ClN4O6S2/c27-19-5-3-4-17(9-19)26(6-1-2-7-36-26)18-10-23(38-14-18)24(33)21-12-29-15-30-25(21)31-20-8-16(22(32)11-20)13-37-39(28,34)35/h3-5,9-10,12,14-16,20,22,32H,1-2,6-8,11,13H2,(H2,28,34,35)(H,29,30,31)/t16-,20-,22+,26+/m1/s1. The number of carbonyl (C=O) groups is 1. The molecule has 0 amide bonds. The fourth-order valence-corrected chi connectivity index (χ4v) is 6.82. The lowest BCUT2D eigenvalue weighted by Gasteiger charge is -2.37. The van der Waals surface area contributed by atoms with Crippen LogP contribution in [0.15, 0.2) is 48.2 Å². The number of hydrogen-bond donors (Lipinski definition) is 3. The average molecular weight is 593 g/mol. The fourth-order valence-electron chi connectivity index (χ4n) is 5.34. The number of aromatic nitrogens is 2. The van der Waals surface area contributed by atoms with Crippen molar-refractivity contribution in [2.24, 2.45) is 11.1 Å². The SMILES string of the molecule is NS(=O)(=O)OC[C@H]1C[C@@H](Nc2ncncc2C(=O)c2cc([C@@]3(c4cccc(Cl)c4)CCCCO3)cs2)C[C@@H]1O. The van der Waals surface area contributed by atoms with E-state index in [1.54, 1.807) is 0 Å². The summed E-state index contributed by atoms with van der Waals surface area (Å²) < 4.78 is 33.3. The van der Waals surface area contributed by atoms with Gasteiger partial charge in [0, 0.05) is 29.8 Å². The van der Waals surface area contributed by atoms with Crippen molar-refractivity contribution in [3.05, 3.63) is 74.8 Å². The summed E-state index contributed by atoms with van der Waals surface area (Å²) in [6.45, 7) is 0.394. The lowest BCUT2D eigenvalue weighted by molar-refractivity contribution is -0.0530. The maximum absolute atomic E-state index is 13.7. The second-order valence-corrected chi connectivity index (χ2v) is 12.4. The number of nitrogens with two attached hydrogens (primary N) is 1. The summed E-state index contributed by atoms with van der Waals surface area (Å²) in [7, 11) is -4.10. The van der Waals surface area contributed by atoms with Gasteiger partial charge in [0.2, 0.25) is 5.78 Å². The van der Waals surface area contributed by atoms with E-state index in [4.69, 9.17) is 21.5 Å². The molecule has 1 saturated heterocycles. The third-order valence-corrected chi connectivity index (χ3v) is 8.88. The van der Waals surface area contributed by atoms with Crippen LogP contribution in [0.1, 0.15) is 58.5 Å². The zero-order chi connectivity index (χ0) is 27.6. The molecule has 2 aromatic heterocycles. The first-order chi connectivity index (χ1) is 18.6. The van der Waals surface area contributed by atoms with Gasteiger partial charge in [-0.25, -0.2) is 15.1 Å². The Hall–Kier alpha value is -2.45. The Kier molecular flexibility index (Phi) is 8.34. The Bertz CT molecular complexity index is 1440. The number of nitrogens with one attached hydrogen (secondary N) is 1. The number of ketones is 1. The molecule has 1 aliphatic heterocycles. The molecule has 5 rings (SSSR count). The van der Waals surface area contributed by atoms with Crippen molar-refractivity contribution in [2.45, 2.75) is 49.9 Å². The van der Waals surface area contributed by atoms with E-state index in [-0.39, 0.29) is 18.4 Å². The van der Waals surface area contributed by atoms with E-state index in [1.165, 1.54) is 23.9 Å². The highest BCUT2D eigenvalue weighted by Crippen LogP contribution is 2.44. The minimum absolute atomic E-state index is 0.220. The molecular weight excluding hydrogens is 564 g/mol. The van der Waals surface area contributed by atoms with Crippen molar-refractivity contribution >= 4 is 44.8 Å². The molecule has 0 bridgehead atoms. The molecule has 4 atom stereocenters. The molecule has 3 aromatic rings. The average Bonchev–Trinajstić information content (AvgIpc) is 3.54. The van der Waals surface area contributed by atoms with Gasteiger partial charge in [-0.15, -0.1) is 11.3 Å². The van der Waals surface area contributed by atoms with Gasteiger partial charge in [0.1, 0.15) is 17.7 Å². The predicted octanol–water partition coefficient (Wildman–Crippen LogP) is 3.64. The number of benzene rings is 1. The second-order valence-electron chi connectivity index (χ2n) is 9.87. The van der Waals surface area contributed by atoms with Crippen LogP contribution in [0.5, 0.6) is 0 Å². The van der Waals surface area contributed by atoms with Gasteiger partial charge in [0.25, 0.3) is 0 Å². The van der Waals surface area contributed by atoms with Crippen LogP contribution in [0, 0.1) is 5.92 Å². The maximum Gasteiger partial charge on any atom is 0.333 e. The van der Waals surface area contributed by atoms with Crippen LogP contribution in [0.3, 0.4) is 0 Å². The number of aliphatic hydroxyl groups excluding tert-OH is 1. The summed E-state index contributed by atoms with van der Waals surface area (Å²) in [5, 5.41) is 21.1. The van der Waals surface area contributed by atoms with Crippen LogP contribution in [0.25, 0.3) is 0 Å². The first kappa shape index (κ1) is 28.1. The van der Waals surface area contributed by atoms with E-state index in [9.17, 15) is 18.3 Å². The smallest absolute Gasteiger partial charge is 0.333 e. The largest absolute Gasteiger partial charge is 0.393 e. The van der Waals surface area contributed by atoms with Crippen LogP contribution in [-0.4, -0.2) is 54.6 Å². The van der Waals surface area contributed by atoms with E-state index in [2.05, 4.69) is 19.5 Å². The molecule has 4 N–H and O–H groups in total. The highest BCUT2D eigenvalue weighted by molar-refractivity contribution is 7.84. The number of carbonyl (C=O) groups excluding carboxylic acids is 1. The van der Waals surface area contributed by atoms with Crippen LogP contribution in [-0.2, 0) is 24.8 Å². The van der Waals surface area contributed by atoms with Gasteiger partial charge >= 0.3 is 10.3 Å². The monoisotopic (exact) mass is 592 g/mol. The third kappa shape index (κ3) is 6.32. The number of aliphatic hydroxyl groups is 1. The highest BCUT2D eigenvalue weighted by Gasteiger charge is 2.39. The Morgan fingerprint density at radius 3 is 2.87 bits per heavy atom. The van der Waals surface area contributed by atoms with Crippen molar-refractivity contribution in [1.29, 1.82) is 0 Å². The van der Waals surface area contributed by atoms with Crippen molar-refractivity contribution in [3.63, 3.8) is 0 Å². The predicted molar refractivity (Wildman–Crippen MR) is 147 cm³/mol. The molecule has 2 aliphatic rings. The van der Waals surface area contributed by atoms with E-state index in [0.29, 0.717) is 40.7 Å². The summed E-state index contributed by atoms with van der Waals surface area (Å²) in [5.74, 6) is -0.326. The van der Waals surface area contributed by atoms with E-state index in [1.807, 2.05) is 35.7 Å². The zero-order valence-corrected chi connectivity index (χ0v) is 23.3. The molecule has 0 spiro atoms. The van der Waals surface area contributed by atoms with Crippen LogP contribution >= 0.6 is 22.9 Å². The maximum atomic E-state index is 13.7. The number of hydrogen-bond acceptors (Lipinski definition) is 10. The molecule has 13 heteroatoms. The van der Waals surface area contributed by atoms with Crippen molar-refractivity contribution in [1.82, 2.24) is 9.97 Å². The van der Waals surface area contributed by atoms with Crippen molar-refractivity contribution in [3.8, 4) is 0 Å². The molecule has 10 nitrogen and oxygen atoms in total. The van der Waals surface area contributed by atoms with Crippen LogP contribution < -0.4 is 10.5 Å². The van der Waals surface area contributed by atoms with Crippen molar-refractivity contribution in [2.75, 3.05) is 18.5 Å². The zero-order valence-electron chi connectivity index (χ0n) is 21.0. The van der Waals surface area contributed by atoms with Gasteiger partial charge in [-0.3, -0.25) is 8.98 Å². The fraction of sp³-hybridized carbons (Fsp3) is 0.423. The lowest BCUT2D eigenvalue weighted by Crippen LogP contribution is -2.34. The molecule has 1 aromatic carbocycles. The number of nitrogens with zero attached hydrogens (tertiary/aromatic N) is 2. The number of anilines is 1. The van der Waals surface area contributed by atoms with E-state index >= 15 is 0 Å². The summed E-state index contributed by atoms with van der Waals surface area (Å²) in [4.78, 5) is 22.5. The number of halogens is 1. The molecule has 1 saturated carbocycles. The van der Waals surface area contributed by atoms with Gasteiger partial charge in [0.15, 0.2) is 0 Å². The summed E-state index contributed by atoms with van der Waals surface area (Å²) in [6, 6.07) is 9.26. The van der Waals surface area contributed by atoms with Crippen LogP contribution in [0.2, 0.25) is 5.02 Å². The number of ether oxygens (including phenoxy) is 1. The molecule has 39 heavy (non-hydrogen) atoms. The third-order valence-electron chi connectivity index (χ3n) is 7.25. The van der Waals surface area contributed by atoms with Gasteiger partial charge in [-0.05, 0) is 66.8 Å². The minimum Gasteiger partial charge on any atom is -0.393 e. The molecule has 208 valence electrons. The second kappa shape index (κ2) is 11.6. The Balaban J connectivity index is 1.36. The van der Waals surface area contributed by atoms with Gasteiger partial charge in [-0.2, -0.15) is 8.42 Å². The summed E-state index contributed by atoms with van der Waals surface area (Å²) >= 11 is 7.64. The molecule has 2 fully saturated rings. The normalized spacial score (nSPS) is 25.5. The van der Waals surface area contributed by atoms with Gasteiger partial charge in [0.05, 0.1) is 23.2 Å². The quantitative estimate of drug-likeness (QED) is 0.316. The number of thiophene rings is 1. The first-order valence-electron chi connectivity index (χ1n) is 12.6. The van der Waals surface area contributed by atoms with Gasteiger partial charge < -0.3 is 15.2 Å². The van der Waals surface area contributed by atoms with Gasteiger partial charge in [-0.1, -0.05) is 23.7 Å². The molecular formula is C26H29ClN4O6S2. The summed E-state index contributed by atoms with van der Waals surface area (Å²) in [6.07, 6.45) is 5.50. The lowest BCUT2D eigenvalue weighted by atomic mass is 9.81.